The Bertz CT molecular complexity index is 308. The molecule has 2 unspecified atom stereocenters. The maximum absolute atomic E-state index is 10.1. The third-order valence-corrected chi connectivity index (χ3v) is 3.39. The van der Waals surface area contributed by atoms with Crippen molar-refractivity contribution < 1.29 is 9.84 Å². The van der Waals surface area contributed by atoms with Crippen LogP contribution in [0.25, 0.3) is 0 Å². The zero-order valence-electron chi connectivity index (χ0n) is 9.98. The lowest BCUT2D eigenvalue weighted by atomic mass is 9.96. The molecular weight excluding hydrogens is 315 g/mol. The van der Waals surface area contributed by atoms with Gasteiger partial charge in [0.1, 0.15) is 0 Å². The Morgan fingerprint density at radius 3 is 2.25 bits per heavy atom. The molecule has 2 nitrogen and oxygen atoms in total. The lowest BCUT2D eigenvalue weighted by Crippen LogP contribution is -2.34. The van der Waals surface area contributed by atoms with Crippen molar-refractivity contribution in [2.24, 2.45) is 5.92 Å². The third kappa shape index (κ3) is 4.03. The quantitative estimate of drug-likeness (QED) is 0.839. The van der Waals surface area contributed by atoms with Crippen LogP contribution in [0.2, 0.25) is 0 Å². The Morgan fingerprint density at radius 2 is 1.81 bits per heavy atom. The first-order valence-corrected chi connectivity index (χ1v) is 6.57. The summed E-state index contributed by atoms with van der Waals surface area (Å²) in [5, 5.41) is 10.1. The summed E-state index contributed by atoms with van der Waals surface area (Å²) in [7, 11) is 1.65. The van der Waals surface area contributed by atoms with Crippen molar-refractivity contribution in [3.05, 3.63) is 33.4 Å². The van der Waals surface area contributed by atoms with Gasteiger partial charge in [-0.25, -0.2) is 0 Å². The van der Waals surface area contributed by atoms with Gasteiger partial charge in [0.15, 0.2) is 0 Å². The highest BCUT2D eigenvalue weighted by molar-refractivity contribution is 14.1. The van der Waals surface area contributed by atoms with E-state index in [9.17, 15) is 5.11 Å². The average Bonchev–Trinajstić information content (AvgIpc) is 2.22. The molecule has 90 valence electrons. The Morgan fingerprint density at radius 1 is 1.25 bits per heavy atom. The molecule has 0 saturated heterocycles. The fourth-order valence-electron chi connectivity index (χ4n) is 1.85. The van der Waals surface area contributed by atoms with Crippen LogP contribution in [0.15, 0.2) is 24.3 Å². The van der Waals surface area contributed by atoms with E-state index in [1.807, 2.05) is 0 Å². The molecule has 2 atom stereocenters. The molecule has 1 rings (SSSR count). The number of benzene rings is 1. The molecule has 0 aliphatic heterocycles. The Kier molecular flexibility index (Phi) is 5.72. The monoisotopic (exact) mass is 334 g/mol. The molecule has 0 aromatic heterocycles. The zero-order valence-corrected chi connectivity index (χ0v) is 12.1. The average molecular weight is 334 g/mol. The summed E-state index contributed by atoms with van der Waals surface area (Å²) in [6, 6.07) is 8.22. The molecule has 0 fully saturated rings. The molecule has 3 heteroatoms. The number of hydrogen-bond acceptors (Lipinski definition) is 2. The molecule has 0 aliphatic rings. The standard InChI is InChI=1S/C13H19IO2/c1-9(2)13(16-3)12(15)8-10-4-6-11(14)7-5-10/h4-7,9,12-13,15H,8H2,1-3H3. The zero-order chi connectivity index (χ0) is 12.1. The summed E-state index contributed by atoms with van der Waals surface area (Å²) < 4.78 is 6.53. The fourth-order valence-corrected chi connectivity index (χ4v) is 2.21. The number of ether oxygens (including phenoxy) is 1. The summed E-state index contributed by atoms with van der Waals surface area (Å²) in [5.74, 6) is 0.323. The maximum atomic E-state index is 10.1. The van der Waals surface area contributed by atoms with Crippen molar-refractivity contribution in [2.75, 3.05) is 7.11 Å². The molecule has 1 aromatic carbocycles. The van der Waals surface area contributed by atoms with Gasteiger partial charge in [-0.3, -0.25) is 0 Å². The van der Waals surface area contributed by atoms with Crippen molar-refractivity contribution in [1.29, 1.82) is 0 Å². The Labute approximate surface area is 111 Å². The number of methoxy groups -OCH3 is 1. The van der Waals surface area contributed by atoms with Crippen molar-refractivity contribution in [3.63, 3.8) is 0 Å². The first kappa shape index (κ1) is 13.9. The smallest absolute Gasteiger partial charge is 0.0856 e. The van der Waals surface area contributed by atoms with Gasteiger partial charge < -0.3 is 9.84 Å². The van der Waals surface area contributed by atoms with E-state index in [1.165, 1.54) is 3.57 Å². The minimum atomic E-state index is -0.440. The topological polar surface area (TPSA) is 29.5 Å². The number of aliphatic hydroxyl groups excluding tert-OH is 1. The largest absolute Gasteiger partial charge is 0.390 e. The molecule has 0 bridgehead atoms. The number of rotatable bonds is 5. The van der Waals surface area contributed by atoms with Gasteiger partial charge in [0.2, 0.25) is 0 Å². The Hall–Kier alpha value is -0.130. The van der Waals surface area contributed by atoms with Gasteiger partial charge in [0.25, 0.3) is 0 Å². The van der Waals surface area contributed by atoms with Crippen LogP contribution in [0.4, 0.5) is 0 Å². The van der Waals surface area contributed by atoms with Crippen LogP contribution in [-0.2, 0) is 11.2 Å². The van der Waals surface area contributed by atoms with Crippen molar-refractivity contribution in [3.8, 4) is 0 Å². The van der Waals surface area contributed by atoms with Crippen LogP contribution in [-0.4, -0.2) is 24.4 Å². The molecule has 0 spiro atoms. The van der Waals surface area contributed by atoms with Gasteiger partial charge in [0, 0.05) is 17.1 Å². The van der Waals surface area contributed by atoms with Crippen LogP contribution >= 0.6 is 22.6 Å². The summed E-state index contributed by atoms with van der Waals surface area (Å²) >= 11 is 2.27. The maximum Gasteiger partial charge on any atom is 0.0856 e. The predicted octanol–water partition coefficient (Wildman–Crippen LogP) is 2.87. The highest BCUT2D eigenvalue weighted by Gasteiger charge is 2.22. The normalized spacial score (nSPS) is 15.1. The van der Waals surface area contributed by atoms with Gasteiger partial charge in [-0.05, 0) is 46.2 Å². The molecule has 16 heavy (non-hydrogen) atoms. The number of hydrogen-bond donors (Lipinski definition) is 1. The Balaban J connectivity index is 2.62. The van der Waals surface area contributed by atoms with Gasteiger partial charge in [0.05, 0.1) is 12.2 Å². The fraction of sp³-hybridized carbons (Fsp3) is 0.538. The van der Waals surface area contributed by atoms with E-state index in [1.54, 1.807) is 7.11 Å². The number of halogens is 1. The van der Waals surface area contributed by atoms with Gasteiger partial charge in [-0.1, -0.05) is 26.0 Å². The summed E-state index contributed by atoms with van der Waals surface area (Å²) in [5.41, 5.74) is 1.15. The van der Waals surface area contributed by atoms with Gasteiger partial charge >= 0.3 is 0 Å². The predicted molar refractivity (Wildman–Crippen MR) is 74.5 cm³/mol. The van der Waals surface area contributed by atoms with Crippen molar-refractivity contribution in [2.45, 2.75) is 32.5 Å². The van der Waals surface area contributed by atoms with E-state index in [2.05, 4.69) is 60.7 Å². The van der Waals surface area contributed by atoms with Crippen molar-refractivity contribution in [1.82, 2.24) is 0 Å². The molecule has 0 aliphatic carbocycles. The van der Waals surface area contributed by atoms with E-state index in [4.69, 9.17) is 4.74 Å². The molecular formula is C13H19IO2. The lowest BCUT2D eigenvalue weighted by molar-refractivity contribution is -0.0367. The second-order valence-corrected chi connectivity index (χ2v) is 5.59. The summed E-state index contributed by atoms with van der Waals surface area (Å²) in [6.45, 7) is 4.12. The molecule has 0 heterocycles. The SMILES string of the molecule is COC(C(C)C)C(O)Cc1ccc(I)cc1. The molecule has 1 aromatic rings. The van der Waals surface area contributed by atoms with Gasteiger partial charge in [-0.15, -0.1) is 0 Å². The van der Waals surface area contributed by atoms with E-state index < -0.39 is 6.10 Å². The molecule has 1 N–H and O–H groups in total. The van der Waals surface area contributed by atoms with E-state index in [-0.39, 0.29) is 6.10 Å². The van der Waals surface area contributed by atoms with E-state index >= 15 is 0 Å². The van der Waals surface area contributed by atoms with Crippen LogP contribution < -0.4 is 0 Å². The van der Waals surface area contributed by atoms with Crippen LogP contribution in [0.5, 0.6) is 0 Å². The molecule has 0 saturated carbocycles. The molecule has 0 radical (unpaired) electrons. The highest BCUT2D eigenvalue weighted by Crippen LogP contribution is 2.15. The van der Waals surface area contributed by atoms with Crippen LogP contribution in [0, 0.1) is 9.49 Å². The lowest BCUT2D eigenvalue weighted by Gasteiger charge is -2.25. The first-order chi connectivity index (χ1) is 7.54. The van der Waals surface area contributed by atoms with Gasteiger partial charge in [-0.2, -0.15) is 0 Å². The summed E-state index contributed by atoms with van der Waals surface area (Å²) in [6.07, 6.45) is 0.109. The summed E-state index contributed by atoms with van der Waals surface area (Å²) in [4.78, 5) is 0. The van der Waals surface area contributed by atoms with Crippen LogP contribution in [0.3, 0.4) is 0 Å². The van der Waals surface area contributed by atoms with Crippen molar-refractivity contribution >= 4 is 22.6 Å². The second kappa shape index (κ2) is 6.57. The van der Waals surface area contributed by atoms with Crippen LogP contribution in [0.1, 0.15) is 19.4 Å². The number of aliphatic hydroxyl groups is 1. The highest BCUT2D eigenvalue weighted by atomic mass is 127. The minimum absolute atomic E-state index is 0.0979. The van der Waals surface area contributed by atoms with E-state index in [0.29, 0.717) is 12.3 Å². The first-order valence-electron chi connectivity index (χ1n) is 5.50. The van der Waals surface area contributed by atoms with E-state index in [0.717, 1.165) is 5.56 Å². The third-order valence-electron chi connectivity index (χ3n) is 2.67. The molecule has 0 amide bonds. The second-order valence-electron chi connectivity index (χ2n) is 4.34. The minimum Gasteiger partial charge on any atom is -0.390 e.